The van der Waals surface area contributed by atoms with Crippen molar-refractivity contribution >= 4 is 17.2 Å². The van der Waals surface area contributed by atoms with Gasteiger partial charge in [-0.25, -0.2) is 9.97 Å². The molecule has 6 nitrogen and oxygen atoms in total. The fourth-order valence-corrected chi connectivity index (χ4v) is 2.46. The summed E-state index contributed by atoms with van der Waals surface area (Å²) in [6.45, 7) is 2.47. The predicted molar refractivity (Wildman–Crippen MR) is 76.5 cm³/mol. The van der Waals surface area contributed by atoms with Crippen LogP contribution in [0.4, 0.5) is 5.82 Å². The maximum absolute atomic E-state index is 5.24. The molecule has 0 spiro atoms. The molecule has 0 radical (unpaired) electrons. The van der Waals surface area contributed by atoms with Crippen LogP contribution in [0.25, 0.3) is 11.5 Å². The lowest BCUT2D eigenvalue weighted by atomic mass is 10.2. The van der Waals surface area contributed by atoms with Gasteiger partial charge in [0, 0.05) is 18.6 Å². The molecule has 0 amide bonds. The van der Waals surface area contributed by atoms with E-state index in [4.69, 9.17) is 4.52 Å². The molecule has 3 aromatic rings. The highest BCUT2D eigenvalue weighted by molar-refractivity contribution is 7.07. The Morgan fingerprint density at radius 2 is 2.25 bits per heavy atom. The monoisotopic (exact) mass is 287 g/mol. The number of thiazole rings is 1. The molecule has 0 fully saturated rings. The second-order valence-corrected chi connectivity index (χ2v) is 5.08. The van der Waals surface area contributed by atoms with Crippen LogP contribution in [-0.2, 0) is 6.54 Å². The molecule has 3 aromatic heterocycles. The average Bonchev–Trinajstić information content (AvgIpc) is 3.10. The number of nitrogens with zero attached hydrogens (tertiary/aromatic N) is 5. The normalized spacial score (nSPS) is 10.7. The topological polar surface area (TPSA) is 67.9 Å². The van der Waals surface area contributed by atoms with E-state index in [9.17, 15) is 0 Å². The summed E-state index contributed by atoms with van der Waals surface area (Å²) in [5.74, 6) is 1.89. The molecule has 0 saturated heterocycles. The van der Waals surface area contributed by atoms with Gasteiger partial charge in [0.25, 0.3) is 5.89 Å². The Kier molecular flexibility index (Phi) is 3.42. The van der Waals surface area contributed by atoms with E-state index in [1.54, 1.807) is 24.5 Å². The van der Waals surface area contributed by atoms with E-state index in [0.29, 0.717) is 18.3 Å². The van der Waals surface area contributed by atoms with Crippen molar-refractivity contribution in [3.8, 4) is 11.5 Å². The second-order valence-electron chi connectivity index (χ2n) is 4.36. The van der Waals surface area contributed by atoms with Crippen molar-refractivity contribution in [2.24, 2.45) is 0 Å². The molecule has 0 N–H and O–H groups in total. The molecular formula is C13H13N5OS. The van der Waals surface area contributed by atoms with E-state index >= 15 is 0 Å². The molecule has 0 bridgehead atoms. The third-order valence-electron chi connectivity index (χ3n) is 2.79. The van der Waals surface area contributed by atoms with Crippen LogP contribution in [0.3, 0.4) is 0 Å². The SMILES string of the molecule is Cc1noc(-c2cccnc2N(C)Cc2cscn2)n1. The number of anilines is 1. The van der Waals surface area contributed by atoms with E-state index in [0.717, 1.165) is 17.1 Å². The first-order valence-corrected chi connectivity index (χ1v) is 7.02. The molecule has 0 aliphatic rings. The van der Waals surface area contributed by atoms with Crippen LogP contribution in [-0.4, -0.2) is 27.2 Å². The van der Waals surface area contributed by atoms with E-state index in [1.807, 2.05) is 35.0 Å². The number of hydrogen-bond donors (Lipinski definition) is 0. The van der Waals surface area contributed by atoms with Gasteiger partial charge in [-0.05, 0) is 19.1 Å². The highest BCUT2D eigenvalue weighted by atomic mass is 32.1. The van der Waals surface area contributed by atoms with Crippen LogP contribution >= 0.6 is 11.3 Å². The van der Waals surface area contributed by atoms with Crippen LogP contribution in [0.5, 0.6) is 0 Å². The van der Waals surface area contributed by atoms with E-state index in [2.05, 4.69) is 20.1 Å². The van der Waals surface area contributed by atoms with Gasteiger partial charge in [0.05, 0.1) is 23.3 Å². The van der Waals surface area contributed by atoms with Crippen molar-refractivity contribution in [1.29, 1.82) is 0 Å². The molecule has 0 aromatic carbocycles. The smallest absolute Gasteiger partial charge is 0.261 e. The Hall–Kier alpha value is -2.28. The molecule has 0 saturated carbocycles. The summed E-state index contributed by atoms with van der Waals surface area (Å²) in [4.78, 5) is 15.0. The van der Waals surface area contributed by atoms with Crippen molar-refractivity contribution in [3.63, 3.8) is 0 Å². The van der Waals surface area contributed by atoms with Crippen LogP contribution in [0.2, 0.25) is 0 Å². The Morgan fingerprint density at radius 1 is 1.35 bits per heavy atom. The summed E-state index contributed by atoms with van der Waals surface area (Å²) in [6, 6.07) is 3.78. The molecule has 102 valence electrons. The molecule has 0 unspecified atom stereocenters. The lowest BCUT2D eigenvalue weighted by Gasteiger charge is -2.18. The van der Waals surface area contributed by atoms with Gasteiger partial charge in [-0.1, -0.05) is 5.16 Å². The van der Waals surface area contributed by atoms with E-state index < -0.39 is 0 Å². The Bertz CT molecular complexity index is 694. The van der Waals surface area contributed by atoms with Crippen LogP contribution in [0.1, 0.15) is 11.5 Å². The van der Waals surface area contributed by atoms with E-state index in [1.165, 1.54) is 0 Å². The summed E-state index contributed by atoms with van der Waals surface area (Å²) in [5.41, 5.74) is 3.66. The zero-order chi connectivity index (χ0) is 13.9. The number of aryl methyl sites for hydroxylation is 1. The minimum absolute atomic E-state index is 0.482. The lowest BCUT2D eigenvalue weighted by molar-refractivity contribution is 0.425. The number of hydrogen-bond acceptors (Lipinski definition) is 7. The minimum atomic E-state index is 0.482. The standard InChI is InChI=1S/C13H13N5OS/c1-9-16-13(19-17-9)11-4-3-5-14-12(11)18(2)6-10-7-20-8-15-10/h3-5,7-8H,6H2,1-2H3. The molecule has 0 aliphatic carbocycles. The summed E-state index contributed by atoms with van der Waals surface area (Å²) >= 11 is 1.58. The fourth-order valence-electron chi connectivity index (χ4n) is 1.91. The molecule has 3 rings (SSSR count). The largest absolute Gasteiger partial charge is 0.353 e. The van der Waals surface area contributed by atoms with Crippen molar-refractivity contribution in [1.82, 2.24) is 20.1 Å². The van der Waals surface area contributed by atoms with Gasteiger partial charge < -0.3 is 9.42 Å². The molecule has 7 heteroatoms. The molecule has 0 atom stereocenters. The summed E-state index contributed by atoms with van der Waals surface area (Å²) in [6.07, 6.45) is 1.75. The zero-order valence-electron chi connectivity index (χ0n) is 11.1. The highest BCUT2D eigenvalue weighted by Crippen LogP contribution is 2.27. The van der Waals surface area contributed by atoms with Crippen LogP contribution in [0.15, 0.2) is 33.7 Å². The minimum Gasteiger partial charge on any atom is -0.353 e. The third-order valence-corrected chi connectivity index (χ3v) is 3.42. The first kappa shape index (κ1) is 12.7. The lowest BCUT2D eigenvalue weighted by Crippen LogP contribution is -2.18. The highest BCUT2D eigenvalue weighted by Gasteiger charge is 2.16. The summed E-state index contributed by atoms with van der Waals surface area (Å²) in [5, 5.41) is 5.85. The van der Waals surface area contributed by atoms with Crippen LogP contribution in [0, 0.1) is 6.92 Å². The Morgan fingerprint density at radius 3 is 2.95 bits per heavy atom. The van der Waals surface area contributed by atoms with Gasteiger partial charge in [-0.2, -0.15) is 4.98 Å². The Labute approximate surface area is 120 Å². The van der Waals surface area contributed by atoms with Gasteiger partial charge in [0.15, 0.2) is 5.82 Å². The van der Waals surface area contributed by atoms with Crippen molar-refractivity contribution < 1.29 is 4.52 Å². The zero-order valence-corrected chi connectivity index (χ0v) is 12.0. The van der Waals surface area contributed by atoms with Gasteiger partial charge in [-0.3, -0.25) is 0 Å². The van der Waals surface area contributed by atoms with Crippen molar-refractivity contribution in [2.75, 3.05) is 11.9 Å². The fraction of sp³-hybridized carbons (Fsp3) is 0.231. The molecule has 20 heavy (non-hydrogen) atoms. The van der Waals surface area contributed by atoms with Crippen LogP contribution < -0.4 is 4.90 Å². The molecular weight excluding hydrogens is 274 g/mol. The average molecular weight is 287 g/mol. The summed E-state index contributed by atoms with van der Waals surface area (Å²) < 4.78 is 5.24. The molecule has 0 aliphatic heterocycles. The van der Waals surface area contributed by atoms with Gasteiger partial charge >= 0.3 is 0 Å². The van der Waals surface area contributed by atoms with Gasteiger partial charge in [-0.15, -0.1) is 11.3 Å². The second kappa shape index (κ2) is 5.38. The molecule has 3 heterocycles. The number of rotatable bonds is 4. The first-order chi connectivity index (χ1) is 9.74. The van der Waals surface area contributed by atoms with Gasteiger partial charge in [0.1, 0.15) is 5.82 Å². The Balaban J connectivity index is 1.93. The van der Waals surface area contributed by atoms with Gasteiger partial charge in [0.2, 0.25) is 0 Å². The maximum atomic E-state index is 5.24. The third kappa shape index (κ3) is 2.53. The quantitative estimate of drug-likeness (QED) is 0.734. The van der Waals surface area contributed by atoms with E-state index in [-0.39, 0.29) is 0 Å². The van der Waals surface area contributed by atoms with Crippen molar-refractivity contribution in [2.45, 2.75) is 13.5 Å². The predicted octanol–water partition coefficient (Wildman–Crippen LogP) is 2.53. The number of pyridine rings is 1. The first-order valence-electron chi connectivity index (χ1n) is 6.08. The summed E-state index contributed by atoms with van der Waals surface area (Å²) in [7, 11) is 1.97. The maximum Gasteiger partial charge on any atom is 0.261 e. The van der Waals surface area contributed by atoms with Crippen molar-refractivity contribution in [3.05, 3.63) is 40.7 Å². The number of aromatic nitrogens is 4.